The maximum absolute atomic E-state index is 13.6. The number of aromatic nitrogens is 2. The Bertz CT molecular complexity index is 525. The van der Waals surface area contributed by atoms with Gasteiger partial charge in [-0.3, -0.25) is 0 Å². The van der Waals surface area contributed by atoms with Crippen molar-refractivity contribution in [3.63, 3.8) is 0 Å². The molecular weight excluding hydrogens is 235 g/mol. The van der Waals surface area contributed by atoms with Crippen LogP contribution in [-0.2, 0) is 19.8 Å². The molecule has 1 heterocycles. The molecule has 0 radical (unpaired) electrons. The van der Waals surface area contributed by atoms with Gasteiger partial charge in [-0.15, -0.1) is 0 Å². The second-order valence-electron chi connectivity index (χ2n) is 3.84. The summed E-state index contributed by atoms with van der Waals surface area (Å²) in [4.78, 5) is 4.14. The first kappa shape index (κ1) is 12.6. The van der Waals surface area contributed by atoms with Gasteiger partial charge in [0.15, 0.2) is 11.6 Å². The first-order valence-corrected chi connectivity index (χ1v) is 5.76. The van der Waals surface area contributed by atoms with Gasteiger partial charge >= 0.3 is 0 Å². The molecule has 0 saturated heterocycles. The molecule has 2 rings (SSSR count). The van der Waals surface area contributed by atoms with E-state index in [1.165, 1.54) is 12.1 Å². The Kier molecular flexibility index (Phi) is 3.94. The van der Waals surface area contributed by atoms with Crippen molar-refractivity contribution < 1.29 is 14.2 Å². The third-order valence-electron chi connectivity index (χ3n) is 2.68. The zero-order valence-corrected chi connectivity index (χ0v) is 10.1. The van der Waals surface area contributed by atoms with Gasteiger partial charge in [-0.05, 0) is 24.6 Å². The van der Waals surface area contributed by atoms with Crippen LogP contribution in [0.25, 0.3) is 0 Å². The Balaban J connectivity index is 2.06. The fourth-order valence-corrected chi connectivity index (χ4v) is 1.67. The average Bonchev–Trinajstić information content (AvgIpc) is 2.84. The Morgan fingerprint density at radius 2 is 2.28 bits per heavy atom. The summed E-state index contributed by atoms with van der Waals surface area (Å²) < 4.78 is 20.9. The number of hydrogen-bond donors (Lipinski definition) is 1. The Morgan fingerprint density at radius 3 is 2.94 bits per heavy atom. The molecule has 5 heteroatoms. The number of halogens is 1. The van der Waals surface area contributed by atoms with Crippen molar-refractivity contribution in [2.45, 2.75) is 26.7 Å². The Labute approximate surface area is 105 Å². The van der Waals surface area contributed by atoms with E-state index in [-0.39, 0.29) is 19.0 Å². The second-order valence-corrected chi connectivity index (χ2v) is 3.84. The molecule has 0 unspecified atom stereocenters. The third-order valence-corrected chi connectivity index (χ3v) is 2.68. The van der Waals surface area contributed by atoms with Gasteiger partial charge in [-0.2, -0.15) is 0 Å². The van der Waals surface area contributed by atoms with Gasteiger partial charge in [0, 0.05) is 18.9 Å². The first-order valence-electron chi connectivity index (χ1n) is 5.76. The van der Waals surface area contributed by atoms with Gasteiger partial charge in [-0.1, -0.05) is 6.07 Å². The number of rotatable bonds is 5. The summed E-state index contributed by atoms with van der Waals surface area (Å²) in [5.74, 6) is 0.442. The summed E-state index contributed by atoms with van der Waals surface area (Å²) in [7, 11) is 0. The molecular formula is C13H15FN2O2. The minimum absolute atomic E-state index is 0.165. The summed E-state index contributed by atoms with van der Waals surface area (Å²) >= 11 is 0. The molecule has 0 spiro atoms. The van der Waals surface area contributed by atoms with E-state index >= 15 is 0 Å². The zero-order valence-electron chi connectivity index (χ0n) is 10.1. The molecule has 0 aliphatic carbocycles. The lowest BCUT2D eigenvalue weighted by Gasteiger charge is -2.09. The van der Waals surface area contributed by atoms with Gasteiger partial charge < -0.3 is 14.4 Å². The van der Waals surface area contributed by atoms with E-state index in [2.05, 4.69) is 4.98 Å². The molecule has 0 aliphatic rings. The topological polar surface area (TPSA) is 47.3 Å². The van der Waals surface area contributed by atoms with E-state index in [0.29, 0.717) is 5.56 Å². The summed E-state index contributed by atoms with van der Waals surface area (Å²) in [6, 6.07) is 4.41. The highest BCUT2D eigenvalue weighted by atomic mass is 19.1. The molecule has 1 N–H and O–H groups in total. The normalized spacial score (nSPS) is 10.6. The summed E-state index contributed by atoms with van der Waals surface area (Å²) in [6.07, 6.45) is 3.54. The molecule has 4 nitrogen and oxygen atoms in total. The Morgan fingerprint density at radius 1 is 1.44 bits per heavy atom. The van der Waals surface area contributed by atoms with Crippen molar-refractivity contribution in [2.75, 3.05) is 0 Å². The van der Waals surface area contributed by atoms with E-state index in [4.69, 9.17) is 9.84 Å². The number of aliphatic hydroxyl groups excluding tert-OH is 1. The van der Waals surface area contributed by atoms with E-state index in [0.717, 1.165) is 12.4 Å². The van der Waals surface area contributed by atoms with E-state index in [9.17, 15) is 4.39 Å². The third kappa shape index (κ3) is 2.68. The number of nitrogens with zero attached hydrogens (tertiary/aromatic N) is 2. The maximum Gasteiger partial charge on any atom is 0.165 e. The minimum Gasteiger partial charge on any atom is -0.483 e. The quantitative estimate of drug-likeness (QED) is 0.884. The highest BCUT2D eigenvalue weighted by Crippen LogP contribution is 2.19. The van der Waals surface area contributed by atoms with Crippen molar-refractivity contribution in [3.05, 3.63) is 47.8 Å². The predicted octanol–water partition coefficient (Wildman–Crippen LogP) is 2.11. The van der Waals surface area contributed by atoms with Crippen LogP contribution < -0.4 is 4.74 Å². The van der Waals surface area contributed by atoms with E-state index < -0.39 is 5.82 Å². The molecule has 1 aromatic carbocycles. The summed E-state index contributed by atoms with van der Waals surface area (Å²) in [6.45, 7) is 2.83. The molecule has 0 bridgehead atoms. The van der Waals surface area contributed by atoms with Crippen LogP contribution in [-0.4, -0.2) is 14.7 Å². The largest absolute Gasteiger partial charge is 0.483 e. The van der Waals surface area contributed by atoms with Crippen molar-refractivity contribution in [2.24, 2.45) is 0 Å². The highest BCUT2D eigenvalue weighted by Gasteiger charge is 2.07. The first-order chi connectivity index (χ1) is 8.74. The SMILES string of the molecule is CCn1ccnc1COc1ccc(CO)cc1F. The van der Waals surface area contributed by atoms with Crippen LogP contribution >= 0.6 is 0 Å². The molecule has 2 aromatic rings. The maximum atomic E-state index is 13.6. The lowest BCUT2D eigenvalue weighted by molar-refractivity contribution is 0.270. The van der Waals surface area contributed by atoms with Crippen LogP contribution in [0.15, 0.2) is 30.6 Å². The number of benzene rings is 1. The lowest BCUT2D eigenvalue weighted by Crippen LogP contribution is -2.06. The molecule has 0 saturated carbocycles. The van der Waals surface area contributed by atoms with Crippen molar-refractivity contribution in [1.82, 2.24) is 9.55 Å². The molecule has 0 amide bonds. The molecule has 0 atom stereocenters. The standard InChI is InChI=1S/C13H15FN2O2/c1-2-16-6-5-15-13(16)9-18-12-4-3-10(8-17)7-11(12)14/h3-7,17H,2,8-9H2,1H3. The van der Waals surface area contributed by atoms with Crippen LogP contribution in [0, 0.1) is 5.82 Å². The van der Waals surface area contributed by atoms with Crippen LogP contribution in [0.1, 0.15) is 18.3 Å². The number of hydrogen-bond acceptors (Lipinski definition) is 3. The number of ether oxygens (including phenoxy) is 1. The van der Waals surface area contributed by atoms with Gasteiger partial charge in [0.1, 0.15) is 12.4 Å². The monoisotopic (exact) mass is 250 g/mol. The lowest BCUT2D eigenvalue weighted by atomic mass is 10.2. The second kappa shape index (κ2) is 5.64. The number of imidazole rings is 1. The van der Waals surface area contributed by atoms with Gasteiger partial charge in [0.2, 0.25) is 0 Å². The number of aliphatic hydroxyl groups is 1. The molecule has 0 fully saturated rings. The van der Waals surface area contributed by atoms with E-state index in [1.54, 1.807) is 12.3 Å². The van der Waals surface area contributed by atoms with Gasteiger partial charge in [0.25, 0.3) is 0 Å². The summed E-state index contributed by atoms with van der Waals surface area (Å²) in [5.41, 5.74) is 0.523. The molecule has 0 aliphatic heterocycles. The van der Waals surface area contributed by atoms with E-state index in [1.807, 2.05) is 17.7 Å². The van der Waals surface area contributed by atoms with Crippen LogP contribution in [0.2, 0.25) is 0 Å². The molecule has 1 aromatic heterocycles. The average molecular weight is 250 g/mol. The molecule has 96 valence electrons. The van der Waals surface area contributed by atoms with Crippen LogP contribution in [0.4, 0.5) is 4.39 Å². The van der Waals surface area contributed by atoms with Crippen molar-refractivity contribution in [3.8, 4) is 5.75 Å². The summed E-state index contributed by atoms with van der Waals surface area (Å²) in [5, 5.41) is 8.88. The Hall–Kier alpha value is -1.88. The van der Waals surface area contributed by atoms with Crippen LogP contribution in [0.5, 0.6) is 5.75 Å². The minimum atomic E-state index is -0.476. The fraction of sp³-hybridized carbons (Fsp3) is 0.308. The van der Waals surface area contributed by atoms with Crippen molar-refractivity contribution in [1.29, 1.82) is 0 Å². The number of aryl methyl sites for hydroxylation is 1. The van der Waals surface area contributed by atoms with Gasteiger partial charge in [-0.25, -0.2) is 9.37 Å². The van der Waals surface area contributed by atoms with Crippen LogP contribution in [0.3, 0.4) is 0 Å². The van der Waals surface area contributed by atoms with Gasteiger partial charge in [0.05, 0.1) is 6.61 Å². The smallest absolute Gasteiger partial charge is 0.165 e. The predicted molar refractivity (Wildman–Crippen MR) is 64.6 cm³/mol. The zero-order chi connectivity index (χ0) is 13.0. The molecule has 18 heavy (non-hydrogen) atoms. The highest BCUT2D eigenvalue weighted by molar-refractivity contribution is 5.29. The van der Waals surface area contributed by atoms with Crippen molar-refractivity contribution >= 4 is 0 Å². The fourth-order valence-electron chi connectivity index (χ4n) is 1.67.